The van der Waals surface area contributed by atoms with Gasteiger partial charge in [0.25, 0.3) is 0 Å². The molecule has 0 fully saturated rings. The largest absolute Gasteiger partial charge is 0.481 e. The highest BCUT2D eigenvalue weighted by molar-refractivity contribution is 5.78. The number of nitrogens with one attached hydrogen (secondary N) is 1. The number of amides is 1. The second kappa shape index (κ2) is 7.10. The van der Waals surface area contributed by atoms with E-state index < -0.39 is 23.6 Å². The number of halogens is 3. The molecule has 0 heterocycles. The molecule has 21 heavy (non-hydrogen) atoms. The van der Waals surface area contributed by atoms with Crippen LogP contribution in [0, 0.1) is 5.92 Å². The van der Waals surface area contributed by atoms with E-state index in [1.807, 2.05) is 0 Å². The molecule has 0 spiro atoms. The van der Waals surface area contributed by atoms with Crippen LogP contribution in [0.5, 0.6) is 0 Å². The Kier molecular flexibility index (Phi) is 5.75. The number of benzene rings is 1. The standard InChI is InChI=1S/C14H16F3NO3/c1-9(13(20)21)6-7-18-12(19)8-10-2-4-11(5-3-10)14(15,16)17/h2-5,9H,6-8H2,1H3,(H,18,19)(H,20,21). The molecule has 0 aliphatic rings. The van der Waals surface area contributed by atoms with E-state index in [-0.39, 0.29) is 18.9 Å². The summed E-state index contributed by atoms with van der Waals surface area (Å²) in [6, 6.07) is 4.36. The molecule has 0 bridgehead atoms. The molecule has 1 atom stereocenters. The fourth-order valence-electron chi connectivity index (χ4n) is 1.61. The number of rotatable bonds is 6. The Balaban J connectivity index is 2.43. The van der Waals surface area contributed by atoms with Gasteiger partial charge in [0.2, 0.25) is 5.91 Å². The molecule has 0 aliphatic carbocycles. The van der Waals surface area contributed by atoms with Crippen molar-refractivity contribution >= 4 is 11.9 Å². The smallest absolute Gasteiger partial charge is 0.416 e. The fraction of sp³-hybridized carbons (Fsp3) is 0.429. The van der Waals surface area contributed by atoms with E-state index in [2.05, 4.69) is 5.32 Å². The van der Waals surface area contributed by atoms with Gasteiger partial charge in [0.05, 0.1) is 17.9 Å². The number of carboxylic acids is 1. The van der Waals surface area contributed by atoms with Crippen molar-refractivity contribution in [1.29, 1.82) is 0 Å². The molecule has 7 heteroatoms. The Morgan fingerprint density at radius 1 is 1.24 bits per heavy atom. The summed E-state index contributed by atoms with van der Waals surface area (Å²) >= 11 is 0. The molecule has 0 saturated carbocycles. The zero-order valence-electron chi connectivity index (χ0n) is 11.4. The van der Waals surface area contributed by atoms with Crippen molar-refractivity contribution in [3.8, 4) is 0 Å². The summed E-state index contributed by atoms with van der Waals surface area (Å²) in [5.74, 6) is -1.85. The number of alkyl halides is 3. The molecule has 1 unspecified atom stereocenters. The minimum atomic E-state index is -4.40. The number of hydrogen-bond donors (Lipinski definition) is 2. The highest BCUT2D eigenvalue weighted by Crippen LogP contribution is 2.29. The monoisotopic (exact) mass is 303 g/mol. The summed E-state index contributed by atoms with van der Waals surface area (Å²) in [4.78, 5) is 22.1. The second-order valence-electron chi connectivity index (χ2n) is 4.75. The van der Waals surface area contributed by atoms with Gasteiger partial charge in [0.15, 0.2) is 0 Å². The quantitative estimate of drug-likeness (QED) is 0.848. The molecule has 0 saturated heterocycles. The summed E-state index contributed by atoms with van der Waals surface area (Å²) in [6.45, 7) is 1.75. The molecule has 1 rings (SSSR count). The third-order valence-corrected chi connectivity index (χ3v) is 2.97. The lowest BCUT2D eigenvalue weighted by atomic mass is 10.1. The predicted molar refractivity (Wildman–Crippen MR) is 69.6 cm³/mol. The van der Waals surface area contributed by atoms with Crippen molar-refractivity contribution < 1.29 is 27.9 Å². The lowest BCUT2D eigenvalue weighted by Crippen LogP contribution is -2.28. The first-order valence-corrected chi connectivity index (χ1v) is 6.36. The Morgan fingerprint density at radius 2 is 1.81 bits per heavy atom. The number of carboxylic acid groups (broad SMARTS) is 1. The van der Waals surface area contributed by atoms with Crippen molar-refractivity contribution in [2.24, 2.45) is 5.92 Å². The van der Waals surface area contributed by atoms with Crippen LogP contribution in [0.25, 0.3) is 0 Å². The Morgan fingerprint density at radius 3 is 2.29 bits per heavy atom. The average Bonchev–Trinajstić information content (AvgIpc) is 2.38. The molecular weight excluding hydrogens is 287 g/mol. The normalized spacial score (nSPS) is 12.8. The minimum absolute atomic E-state index is 0.0421. The van der Waals surface area contributed by atoms with Gasteiger partial charge in [0.1, 0.15) is 0 Å². The molecule has 0 radical (unpaired) electrons. The van der Waals surface area contributed by atoms with Gasteiger partial charge < -0.3 is 10.4 Å². The van der Waals surface area contributed by atoms with Crippen LogP contribution >= 0.6 is 0 Å². The molecule has 0 aromatic heterocycles. The Labute approximate surface area is 120 Å². The Hall–Kier alpha value is -2.05. The maximum atomic E-state index is 12.4. The van der Waals surface area contributed by atoms with Gasteiger partial charge in [-0.05, 0) is 24.1 Å². The van der Waals surface area contributed by atoms with E-state index in [1.165, 1.54) is 19.1 Å². The molecule has 116 valence electrons. The number of hydrogen-bond acceptors (Lipinski definition) is 2. The topological polar surface area (TPSA) is 66.4 Å². The van der Waals surface area contributed by atoms with Gasteiger partial charge in [-0.15, -0.1) is 0 Å². The highest BCUT2D eigenvalue weighted by Gasteiger charge is 2.29. The van der Waals surface area contributed by atoms with Crippen LogP contribution in [0.3, 0.4) is 0 Å². The number of carbonyl (C=O) groups is 2. The molecule has 1 aromatic carbocycles. The van der Waals surface area contributed by atoms with Crippen LogP contribution in [-0.4, -0.2) is 23.5 Å². The van der Waals surface area contributed by atoms with Gasteiger partial charge in [0, 0.05) is 6.54 Å². The third-order valence-electron chi connectivity index (χ3n) is 2.97. The van der Waals surface area contributed by atoms with Gasteiger partial charge in [-0.3, -0.25) is 9.59 Å². The molecule has 1 amide bonds. The molecule has 1 aromatic rings. The van der Waals surface area contributed by atoms with E-state index in [4.69, 9.17) is 5.11 Å². The van der Waals surface area contributed by atoms with Crippen LogP contribution in [0.4, 0.5) is 13.2 Å². The fourth-order valence-corrected chi connectivity index (χ4v) is 1.61. The first-order chi connectivity index (χ1) is 9.70. The van der Waals surface area contributed by atoms with E-state index in [1.54, 1.807) is 0 Å². The van der Waals surface area contributed by atoms with Gasteiger partial charge in [-0.1, -0.05) is 19.1 Å². The van der Waals surface area contributed by atoms with Crippen molar-refractivity contribution in [3.05, 3.63) is 35.4 Å². The summed E-state index contributed by atoms with van der Waals surface area (Å²) in [6.07, 6.45) is -4.14. The first kappa shape index (κ1) is 17.0. The second-order valence-corrected chi connectivity index (χ2v) is 4.75. The van der Waals surface area contributed by atoms with Crippen LogP contribution in [0.2, 0.25) is 0 Å². The predicted octanol–water partition coefficient (Wildman–Crippen LogP) is 2.47. The van der Waals surface area contributed by atoms with Gasteiger partial charge >= 0.3 is 12.1 Å². The average molecular weight is 303 g/mol. The summed E-state index contributed by atoms with van der Waals surface area (Å²) in [7, 11) is 0. The van der Waals surface area contributed by atoms with Gasteiger partial charge in [-0.25, -0.2) is 0 Å². The maximum Gasteiger partial charge on any atom is 0.416 e. The first-order valence-electron chi connectivity index (χ1n) is 6.36. The minimum Gasteiger partial charge on any atom is -0.481 e. The van der Waals surface area contributed by atoms with Crippen LogP contribution in [0.1, 0.15) is 24.5 Å². The lowest BCUT2D eigenvalue weighted by molar-refractivity contribution is -0.141. The molecule has 2 N–H and O–H groups in total. The third kappa shape index (κ3) is 5.85. The van der Waals surface area contributed by atoms with Crippen LogP contribution in [-0.2, 0) is 22.2 Å². The van der Waals surface area contributed by atoms with Crippen molar-refractivity contribution in [2.75, 3.05) is 6.54 Å². The summed E-state index contributed by atoms with van der Waals surface area (Å²) in [5, 5.41) is 11.2. The van der Waals surface area contributed by atoms with Crippen molar-refractivity contribution in [2.45, 2.75) is 25.9 Å². The summed E-state index contributed by atoms with van der Waals surface area (Å²) < 4.78 is 37.1. The van der Waals surface area contributed by atoms with E-state index in [0.29, 0.717) is 12.0 Å². The molecule has 0 aliphatic heterocycles. The van der Waals surface area contributed by atoms with E-state index in [0.717, 1.165) is 12.1 Å². The van der Waals surface area contributed by atoms with Crippen molar-refractivity contribution in [1.82, 2.24) is 5.32 Å². The number of aliphatic carboxylic acids is 1. The zero-order chi connectivity index (χ0) is 16.0. The Bertz CT molecular complexity index is 497. The maximum absolute atomic E-state index is 12.4. The van der Waals surface area contributed by atoms with E-state index >= 15 is 0 Å². The van der Waals surface area contributed by atoms with E-state index in [9.17, 15) is 22.8 Å². The number of carbonyl (C=O) groups excluding carboxylic acids is 1. The van der Waals surface area contributed by atoms with Gasteiger partial charge in [-0.2, -0.15) is 13.2 Å². The van der Waals surface area contributed by atoms with Crippen LogP contribution in [0.15, 0.2) is 24.3 Å². The van der Waals surface area contributed by atoms with Crippen molar-refractivity contribution in [3.63, 3.8) is 0 Å². The summed E-state index contributed by atoms with van der Waals surface area (Å²) in [5.41, 5.74) is -0.297. The zero-order valence-corrected chi connectivity index (χ0v) is 11.4. The molecular formula is C14H16F3NO3. The molecule has 4 nitrogen and oxygen atoms in total. The SMILES string of the molecule is CC(CCNC(=O)Cc1ccc(C(F)(F)F)cc1)C(=O)O. The van der Waals surface area contributed by atoms with Crippen LogP contribution < -0.4 is 5.32 Å². The highest BCUT2D eigenvalue weighted by atomic mass is 19.4. The lowest BCUT2D eigenvalue weighted by Gasteiger charge is -2.09.